The molecule has 1 aromatic carbocycles. The van der Waals surface area contributed by atoms with E-state index in [4.69, 9.17) is 16.3 Å². The lowest BCUT2D eigenvalue weighted by atomic mass is 10.2. The van der Waals surface area contributed by atoms with Crippen molar-refractivity contribution in [2.24, 2.45) is 0 Å². The summed E-state index contributed by atoms with van der Waals surface area (Å²) in [5, 5.41) is 0.368. The number of hydrogen-bond acceptors (Lipinski definition) is 6. The number of rotatable bonds is 5. The molecule has 1 aliphatic heterocycles. The predicted molar refractivity (Wildman–Crippen MR) is 106 cm³/mol. The molecule has 0 amide bonds. The average molecular weight is 476 g/mol. The maximum Gasteiger partial charge on any atom is 0.243 e. The number of aromatic nitrogens is 2. The lowest BCUT2D eigenvalue weighted by Gasteiger charge is -2.36. The van der Waals surface area contributed by atoms with Crippen molar-refractivity contribution in [1.82, 2.24) is 19.2 Å². The van der Waals surface area contributed by atoms with Crippen LogP contribution in [0.15, 0.2) is 39.8 Å². The number of ether oxygens (including phenoxy) is 1. The van der Waals surface area contributed by atoms with Crippen molar-refractivity contribution in [3.05, 3.63) is 45.9 Å². The Balaban J connectivity index is 1.67. The topological polar surface area (TPSA) is 75.6 Å². The zero-order valence-electron chi connectivity index (χ0n) is 15.0. The molecule has 27 heavy (non-hydrogen) atoms. The Morgan fingerprint density at radius 2 is 1.81 bits per heavy atom. The summed E-state index contributed by atoms with van der Waals surface area (Å²) in [5.41, 5.74) is 0. The lowest BCUT2D eigenvalue weighted by molar-refractivity contribution is 0.141. The van der Waals surface area contributed by atoms with E-state index >= 15 is 0 Å². The van der Waals surface area contributed by atoms with E-state index in [0.717, 1.165) is 0 Å². The van der Waals surface area contributed by atoms with Crippen LogP contribution in [-0.2, 0) is 10.0 Å². The summed E-state index contributed by atoms with van der Waals surface area (Å²) in [6, 6.07) is 6.39. The van der Waals surface area contributed by atoms with Crippen LogP contribution in [0.4, 0.5) is 0 Å². The molecule has 2 heterocycles. The fourth-order valence-electron chi connectivity index (χ4n) is 2.95. The Bertz CT molecular complexity index is 903. The molecule has 1 aromatic heterocycles. The first-order valence-electron chi connectivity index (χ1n) is 8.39. The van der Waals surface area contributed by atoms with Gasteiger partial charge in [0.2, 0.25) is 10.0 Å². The molecule has 0 radical (unpaired) electrons. The zero-order chi connectivity index (χ0) is 19.6. The van der Waals surface area contributed by atoms with E-state index in [2.05, 4.69) is 30.8 Å². The first-order chi connectivity index (χ1) is 12.8. The maximum atomic E-state index is 12.8. The number of halogens is 2. The van der Waals surface area contributed by atoms with Crippen LogP contribution in [0.2, 0.25) is 5.15 Å². The Kier molecular flexibility index (Phi) is 6.37. The molecule has 0 spiro atoms. The van der Waals surface area contributed by atoms with Crippen molar-refractivity contribution in [2.45, 2.75) is 17.9 Å². The highest BCUT2D eigenvalue weighted by molar-refractivity contribution is 9.10. The van der Waals surface area contributed by atoms with Crippen molar-refractivity contribution in [2.75, 3.05) is 33.3 Å². The van der Waals surface area contributed by atoms with Crippen molar-refractivity contribution in [1.29, 1.82) is 0 Å². The summed E-state index contributed by atoms with van der Waals surface area (Å²) in [7, 11) is -1.97. The van der Waals surface area contributed by atoms with Gasteiger partial charge in [0.15, 0.2) is 0 Å². The fraction of sp³-hybridized carbons (Fsp3) is 0.412. The van der Waals surface area contributed by atoms with Crippen LogP contribution in [-0.4, -0.2) is 60.9 Å². The van der Waals surface area contributed by atoms with Crippen LogP contribution in [0.5, 0.6) is 5.75 Å². The van der Waals surface area contributed by atoms with Gasteiger partial charge in [-0.1, -0.05) is 11.6 Å². The van der Waals surface area contributed by atoms with E-state index in [0.29, 0.717) is 47.4 Å². The van der Waals surface area contributed by atoms with Gasteiger partial charge in [-0.25, -0.2) is 18.4 Å². The largest absolute Gasteiger partial charge is 0.497 e. The van der Waals surface area contributed by atoms with E-state index in [1.807, 2.05) is 6.92 Å². The number of sulfonamides is 1. The average Bonchev–Trinajstić information content (AvgIpc) is 2.69. The molecule has 1 unspecified atom stereocenters. The number of benzene rings is 1. The number of hydrogen-bond donors (Lipinski definition) is 0. The number of nitrogens with zero attached hydrogens (tertiary/aromatic N) is 4. The summed E-state index contributed by atoms with van der Waals surface area (Å²) in [6.07, 6.45) is 1.63. The van der Waals surface area contributed by atoms with Crippen LogP contribution < -0.4 is 4.74 Å². The molecule has 3 rings (SSSR count). The highest BCUT2D eigenvalue weighted by atomic mass is 79.9. The summed E-state index contributed by atoms with van der Waals surface area (Å²) in [5.74, 6) is 1.25. The van der Waals surface area contributed by atoms with E-state index in [1.165, 1.54) is 4.31 Å². The van der Waals surface area contributed by atoms with Crippen LogP contribution in [0, 0.1) is 0 Å². The molecule has 10 heteroatoms. The van der Waals surface area contributed by atoms with Crippen molar-refractivity contribution in [3.8, 4) is 5.75 Å². The highest BCUT2D eigenvalue weighted by Crippen LogP contribution is 2.26. The molecule has 0 N–H and O–H groups in total. The summed E-state index contributed by atoms with van der Waals surface area (Å²) >= 11 is 9.34. The Labute approximate surface area is 172 Å². The molecular weight excluding hydrogens is 456 g/mol. The monoisotopic (exact) mass is 474 g/mol. The molecule has 1 atom stereocenters. The number of methoxy groups -OCH3 is 1. The first-order valence-corrected chi connectivity index (χ1v) is 11.0. The molecule has 1 fully saturated rings. The van der Waals surface area contributed by atoms with Crippen LogP contribution in [0.3, 0.4) is 0 Å². The molecule has 0 aliphatic carbocycles. The minimum atomic E-state index is -3.52. The van der Waals surface area contributed by atoms with Gasteiger partial charge in [-0.3, -0.25) is 4.90 Å². The van der Waals surface area contributed by atoms with E-state index in [1.54, 1.807) is 37.6 Å². The van der Waals surface area contributed by atoms with E-state index in [9.17, 15) is 8.42 Å². The van der Waals surface area contributed by atoms with E-state index < -0.39 is 10.0 Å². The van der Waals surface area contributed by atoms with E-state index in [-0.39, 0.29) is 10.9 Å². The third-order valence-corrected chi connectivity index (χ3v) is 7.62. The molecule has 1 aliphatic rings. The van der Waals surface area contributed by atoms with Crippen LogP contribution >= 0.6 is 27.5 Å². The normalized spacial score (nSPS) is 17.6. The van der Waals surface area contributed by atoms with Crippen LogP contribution in [0.25, 0.3) is 0 Å². The van der Waals surface area contributed by atoms with Gasteiger partial charge in [-0.15, -0.1) is 0 Å². The summed E-state index contributed by atoms with van der Waals surface area (Å²) < 4.78 is 32.9. The van der Waals surface area contributed by atoms with Crippen molar-refractivity contribution < 1.29 is 13.2 Å². The second kappa shape index (κ2) is 8.40. The lowest BCUT2D eigenvalue weighted by Crippen LogP contribution is -2.49. The molecule has 0 bridgehead atoms. The van der Waals surface area contributed by atoms with Crippen molar-refractivity contribution >= 4 is 37.6 Å². The molecule has 146 valence electrons. The van der Waals surface area contributed by atoms with Crippen LogP contribution in [0.1, 0.15) is 18.8 Å². The minimum Gasteiger partial charge on any atom is -0.497 e. The fourth-order valence-corrected chi connectivity index (χ4v) is 4.70. The first kappa shape index (κ1) is 20.5. The molecule has 7 nitrogen and oxygen atoms in total. The second-order valence-corrected chi connectivity index (χ2v) is 9.31. The Hall–Kier alpha value is -1.26. The van der Waals surface area contributed by atoms with Gasteiger partial charge in [0.25, 0.3) is 0 Å². The summed E-state index contributed by atoms with van der Waals surface area (Å²) in [6.45, 7) is 3.99. The minimum absolute atomic E-state index is 0.0542. The second-order valence-electron chi connectivity index (χ2n) is 6.16. The predicted octanol–water partition coefficient (Wildman–Crippen LogP) is 2.97. The Morgan fingerprint density at radius 3 is 2.37 bits per heavy atom. The Morgan fingerprint density at radius 1 is 1.19 bits per heavy atom. The molecule has 2 aromatic rings. The van der Waals surface area contributed by atoms with Gasteiger partial charge < -0.3 is 4.74 Å². The van der Waals surface area contributed by atoms with Gasteiger partial charge in [0.05, 0.1) is 22.5 Å². The third-order valence-electron chi connectivity index (χ3n) is 4.61. The van der Waals surface area contributed by atoms with Gasteiger partial charge in [-0.2, -0.15) is 4.31 Å². The molecule has 0 saturated carbocycles. The zero-order valence-corrected chi connectivity index (χ0v) is 18.1. The number of piperazine rings is 1. The van der Waals surface area contributed by atoms with Gasteiger partial charge in [-0.05, 0) is 47.1 Å². The smallest absolute Gasteiger partial charge is 0.243 e. The van der Waals surface area contributed by atoms with Gasteiger partial charge in [0, 0.05) is 32.4 Å². The highest BCUT2D eigenvalue weighted by Gasteiger charge is 2.31. The molecule has 1 saturated heterocycles. The quantitative estimate of drug-likeness (QED) is 0.619. The SMILES string of the molecule is COc1ccc(S(=O)(=O)N2CCN(C(C)c3ncc(Br)c(Cl)n3)CC2)cc1. The summed E-state index contributed by atoms with van der Waals surface area (Å²) in [4.78, 5) is 11.0. The van der Waals surface area contributed by atoms with Crippen molar-refractivity contribution in [3.63, 3.8) is 0 Å². The third kappa shape index (κ3) is 4.43. The standard InChI is InChI=1S/C17H20BrClN4O3S/c1-12(17-20-11-15(18)16(19)21-17)22-7-9-23(10-8-22)27(24,25)14-5-3-13(26-2)4-6-14/h3-6,11-12H,7-10H2,1-2H3. The molecular formula is C17H20BrClN4O3S. The van der Waals surface area contributed by atoms with Gasteiger partial charge in [0.1, 0.15) is 16.7 Å². The maximum absolute atomic E-state index is 12.8. The van der Waals surface area contributed by atoms with Gasteiger partial charge >= 0.3 is 0 Å².